The van der Waals surface area contributed by atoms with Crippen LogP contribution in [-0.4, -0.2) is 63.3 Å². The number of carbonyl (C=O) groups is 1. The summed E-state index contributed by atoms with van der Waals surface area (Å²) in [7, 11) is -3.60. The largest absolute Gasteiger partial charge is 0.726 e. The second-order valence-electron chi connectivity index (χ2n) is 3.96. The molecule has 0 spiro atoms. The SMILES string of the molecule is C=CC(=O)OCC[N+](CC)(CC)CC.COS(=O)(=O)[O-]. The number of esters is 1. The van der Waals surface area contributed by atoms with Gasteiger partial charge in [0.25, 0.3) is 0 Å². The predicted molar refractivity (Wildman–Crippen MR) is 74.6 cm³/mol. The second kappa shape index (κ2) is 10.8. The molecule has 0 saturated carbocycles. The van der Waals surface area contributed by atoms with Crippen LogP contribution in [0.5, 0.6) is 0 Å². The van der Waals surface area contributed by atoms with E-state index >= 15 is 0 Å². The molecule has 0 saturated heterocycles. The van der Waals surface area contributed by atoms with Gasteiger partial charge in [0.05, 0.1) is 26.7 Å². The van der Waals surface area contributed by atoms with Gasteiger partial charge in [-0.15, -0.1) is 0 Å². The minimum Gasteiger partial charge on any atom is -0.726 e. The molecule has 0 aliphatic heterocycles. The van der Waals surface area contributed by atoms with Crippen LogP contribution >= 0.6 is 0 Å². The molecule has 0 amide bonds. The van der Waals surface area contributed by atoms with Crippen LogP contribution in [0.2, 0.25) is 0 Å². The molecule has 0 bridgehead atoms. The molecule has 0 fully saturated rings. The number of ether oxygens (including phenoxy) is 1. The summed E-state index contributed by atoms with van der Waals surface area (Å²) in [5.41, 5.74) is 0. The van der Waals surface area contributed by atoms with Crippen molar-refractivity contribution < 1.29 is 31.2 Å². The van der Waals surface area contributed by atoms with Crippen LogP contribution in [-0.2, 0) is 24.1 Å². The zero-order valence-corrected chi connectivity index (χ0v) is 13.4. The molecule has 0 atom stereocenters. The van der Waals surface area contributed by atoms with Crippen molar-refractivity contribution in [3.63, 3.8) is 0 Å². The van der Waals surface area contributed by atoms with Crippen molar-refractivity contribution in [3.8, 4) is 0 Å². The maximum atomic E-state index is 10.8. The van der Waals surface area contributed by atoms with Crippen LogP contribution < -0.4 is 0 Å². The lowest BCUT2D eigenvalue weighted by Gasteiger charge is -2.35. The molecule has 0 unspecified atom stereocenters. The van der Waals surface area contributed by atoms with Gasteiger partial charge in [-0.1, -0.05) is 6.58 Å². The molecule has 20 heavy (non-hydrogen) atoms. The third-order valence-corrected chi connectivity index (χ3v) is 3.60. The Labute approximate surface area is 121 Å². The molecular weight excluding hydrogens is 286 g/mol. The van der Waals surface area contributed by atoms with Gasteiger partial charge in [0.1, 0.15) is 13.2 Å². The summed E-state index contributed by atoms with van der Waals surface area (Å²) in [6.45, 7) is 14.5. The van der Waals surface area contributed by atoms with Gasteiger partial charge in [-0.3, -0.25) is 4.18 Å². The second-order valence-corrected chi connectivity index (χ2v) is 5.11. The average Bonchev–Trinajstić information content (AvgIpc) is 2.43. The van der Waals surface area contributed by atoms with E-state index in [1.165, 1.54) is 6.08 Å². The molecule has 0 aromatic heterocycles. The van der Waals surface area contributed by atoms with E-state index in [2.05, 4.69) is 31.5 Å². The van der Waals surface area contributed by atoms with Crippen LogP contribution in [0.15, 0.2) is 12.7 Å². The number of likely N-dealkylation sites (N-methyl/N-ethyl adjacent to an activating group) is 1. The Hall–Kier alpha value is -0.960. The third-order valence-electron chi connectivity index (χ3n) is 3.19. The van der Waals surface area contributed by atoms with Crippen LogP contribution in [0.4, 0.5) is 0 Å². The summed E-state index contributed by atoms with van der Waals surface area (Å²) in [5, 5.41) is 0. The van der Waals surface area contributed by atoms with Gasteiger partial charge in [-0.05, 0) is 20.8 Å². The molecule has 0 aliphatic carbocycles. The van der Waals surface area contributed by atoms with E-state index in [0.29, 0.717) is 6.61 Å². The van der Waals surface area contributed by atoms with Gasteiger partial charge in [-0.2, -0.15) is 0 Å². The minimum atomic E-state index is -4.41. The molecular formula is C12H25NO6S. The summed E-state index contributed by atoms with van der Waals surface area (Å²) in [4.78, 5) is 10.8. The molecule has 0 heterocycles. The fourth-order valence-electron chi connectivity index (χ4n) is 1.54. The highest BCUT2D eigenvalue weighted by Crippen LogP contribution is 2.05. The van der Waals surface area contributed by atoms with Gasteiger partial charge in [-0.25, -0.2) is 13.2 Å². The number of hydrogen-bond acceptors (Lipinski definition) is 6. The molecule has 0 radical (unpaired) electrons. The number of hydrogen-bond donors (Lipinski definition) is 0. The Morgan fingerprint density at radius 1 is 1.25 bits per heavy atom. The first-order valence-electron chi connectivity index (χ1n) is 6.35. The molecule has 0 rings (SSSR count). The molecule has 8 heteroatoms. The number of quaternary nitrogens is 1. The summed E-state index contributed by atoms with van der Waals surface area (Å²) >= 11 is 0. The monoisotopic (exact) mass is 311 g/mol. The van der Waals surface area contributed by atoms with Crippen molar-refractivity contribution in [2.24, 2.45) is 0 Å². The van der Waals surface area contributed by atoms with Crippen molar-refractivity contribution in [2.75, 3.05) is 39.9 Å². The molecule has 7 nitrogen and oxygen atoms in total. The van der Waals surface area contributed by atoms with E-state index in [-0.39, 0.29) is 5.97 Å². The lowest BCUT2D eigenvalue weighted by Crippen LogP contribution is -2.49. The van der Waals surface area contributed by atoms with E-state index in [1.54, 1.807) is 0 Å². The Kier molecular flexibility index (Phi) is 11.5. The maximum Gasteiger partial charge on any atom is 0.330 e. The van der Waals surface area contributed by atoms with Gasteiger partial charge in [0.2, 0.25) is 10.4 Å². The van der Waals surface area contributed by atoms with Crippen LogP contribution in [0.3, 0.4) is 0 Å². The smallest absolute Gasteiger partial charge is 0.330 e. The summed E-state index contributed by atoms with van der Waals surface area (Å²) in [6, 6.07) is 0. The van der Waals surface area contributed by atoms with Gasteiger partial charge < -0.3 is 13.8 Å². The number of carbonyl (C=O) groups excluding carboxylic acids is 1. The van der Waals surface area contributed by atoms with E-state index < -0.39 is 10.4 Å². The Morgan fingerprint density at radius 2 is 1.65 bits per heavy atom. The quantitative estimate of drug-likeness (QED) is 0.215. The van der Waals surface area contributed by atoms with Crippen LogP contribution in [0.1, 0.15) is 20.8 Å². The normalized spacial score (nSPS) is 11.2. The molecule has 0 aliphatic rings. The molecule has 120 valence electrons. The van der Waals surface area contributed by atoms with Gasteiger partial charge >= 0.3 is 5.97 Å². The van der Waals surface area contributed by atoms with Crippen molar-refractivity contribution in [3.05, 3.63) is 12.7 Å². The standard InChI is InChI=1S/C11H22NO2.CH4O4S/c1-5-11(13)14-10-9-12(6-2,7-3)8-4;1-5-6(2,3)4/h5H,1,6-10H2,2-4H3;1H3,(H,2,3,4)/q+1;/p-1. The topological polar surface area (TPSA) is 92.7 Å². The van der Waals surface area contributed by atoms with Crippen LogP contribution in [0.25, 0.3) is 0 Å². The minimum absolute atomic E-state index is 0.327. The van der Waals surface area contributed by atoms with Gasteiger partial charge in [0, 0.05) is 6.08 Å². The van der Waals surface area contributed by atoms with E-state index in [1.807, 2.05) is 0 Å². The summed E-state index contributed by atoms with van der Waals surface area (Å²) < 4.78 is 37.0. The van der Waals surface area contributed by atoms with E-state index in [9.17, 15) is 17.8 Å². The number of nitrogens with zero attached hydrogens (tertiary/aromatic N) is 1. The average molecular weight is 311 g/mol. The highest BCUT2D eigenvalue weighted by molar-refractivity contribution is 7.80. The zero-order chi connectivity index (χ0) is 16.2. The molecule has 0 aromatic rings. The molecule has 0 aromatic carbocycles. The Bertz CT molecular complexity index is 367. The van der Waals surface area contributed by atoms with Crippen LogP contribution in [0, 0.1) is 0 Å². The fourth-order valence-corrected chi connectivity index (χ4v) is 1.54. The number of rotatable bonds is 8. The summed E-state index contributed by atoms with van der Waals surface area (Å²) in [5.74, 6) is -0.327. The van der Waals surface area contributed by atoms with E-state index in [4.69, 9.17) is 4.74 Å². The van der Waals surface area contributed by atoms with Crippen molar-refractivity contribution in [2.45, 2.75) is 20.8 Å². The van der Waals surface area contributed by atoms with E-state index in [0.717, 1.165) is 37.8 Å². The highest BCUT2D eigenvalue weighted by Gasteiger charge is 2.20. The Morgan fingerprint density at radius 3 is 1.90 bits per heavy atom. The first-order chi connectivity index (χ1) is 9.20. The first-order valence-corrected chi connectivity index (χ1v) is 7.69. The zero-order valence-electron chi connectivity index (χ0n) is 12.6. The maximum absolute atomic E-state index is 10.8. The van der Waals surface area contributed by atoms with Crippen molar-refractivity contribution in [1.29, 1.82) is 0 Å². The highest BCUT2D eigenvalue weighted by atomic mass is 32.3. The summed E-state index contributed by atoms with van der Waals surface area (Å²) in [6.07, 6.45) is 1.21. The lowest BCUT2D eigenvalue weighted by molar-refractivity contribution is -0.923. The Balaban J connectivity index is 0. The van der Waals surface area contributed by atoms with Gasteiger partial charge in [0.15, 0.2) is 0 Å². The lowest BCUT2D eigenvalue weighted by atomic mass is 10.3. The fraction of sp³-hybridized carbons (Fsp3) is 0.750. The predicted octanol–water partition coefficient (Wildman–Crippen LogP) is 0.685. The molecule has 0 N–H and O–H groups in total. The van der Waals surface area contributed by atoms with Crippen molar-refractivity contribution in [1.82, 2.24) is 0 Å². The van der Waals surface area contributed by atoms with Crippen molar-refractivity contribution >= 4 is 16.4 Å². The third kappa shape index (κ3) is 10.9. The first kappa shape index (κ1) is 21.3.